The molecule has 3 saturated heterocycles. The van der Waals surface area contributed by atoms with E-state index in [2.05, 4.69) is 27.0 Å². The number of ether oxygens (including phenoxy) is 1. The average molecular weight is 728 g/mol. The van der Waals surface area contributed by atoms with Crippen LogP contribution in [0.1, 0.15) is 80.1 Å². The highest BCUT2D eigenvalue weighted by atomic mass is 35.5. The van der Waals surface area contributed by atoms with Crippen molar-refractivity contribution < 1.29 is 18.3 Å². The van der Waals surface area contributed by atoms with E-state index in [9.17, 15) is 10.1 Å². The summed E-state index contributed by atoms with van der Waals surface area (Å²) in [5.41, 5.74) is 4.34. The summed E-state index contributed by atoms with van der Waals surface area (Å²) < 4.78 is 31.6. The smallest absolute Gasteiger partial charge is 0.226 e. The molecule has 2 saturated carbocycles. The van der Waals surface area contributed by atoms with Crippen molar-refractivity contribution in [1.82, 2.24) is 24.8 Å². The number of hydrogen-bond acceptors (Lipinski definition) is 7. The average Bonchev–Trinajstić information content (AvgIpc) is 3.64. The normalized spacial score (nSPS) is 24.7. The standard InChI is InChI=1S/C39H37Cl2FN6O3/c1-19-26-16-31(30-15-24(18-47(30)39(49)21-8-9-21)51-20(2)38-44-11-12-50-38)48(36-23-14-29(36)45-17-23)37(26)27-13-22(5-4-10-43)32(34(42)35(27)46-19)25-6-3-7-28(40)33(25)41/h3,6-7,11-13,16,20-21,23-24,29-30,36,45H,4-5,8-9,14-15,17-18H2,1-2H3/t20?,23-,24+,29-,30-,36+/m1/s1. The van der Waals surface area contributed by atoms with Gasteiger partial charge >= 0.3 is 0 Å². The third-order valence-corrected chi connectivity index (χ3v) is 12.3. The van der Waals surface area contributed by atoms with Crippen molar-refractivity contribution in [2.75, 3.05) is 13.1 Å². The van der Waals surface area contributed by atoms with Crippen LogP contribution in [0.25, 0.3) is 32.9 Å². The first kappa shape index (κ1) is 32.9. The van der Waals surface area contributed by atoms with Crippen molar-refractivity contribution >= 4 is 50.9 Å². The maximum atomic E-state index is 17.2. The second-order valence-corrected chi connectivity index (χ2v) is 15.4. The van der Waals surface area contributed by atoms with Gasteiger partial charge in [0.15, 0.2) is 5.82 Å². The molecule has 1 N–H and O–H groups in total. The molecule has 10 rings (SSSR count). The number of carbonyl (C=O) groups is 1. The van der Waals surface area contributed by atoms with E-state index < -0.39 is 5.82 Å². The van der Waals surface area contributed by atoms with Crippen molar-refractivity contribution in [3.05, 3.63) is 81.5 Å². The number of carbonyl (C=O) groups excluding carboxylic acids is 1. The Labute approximate surface area is 304 Å². The first-order valence-electron chi connectivity index (χ1n) is 17.8. The summed E-state index contributed by atoms with van der Waals surface area (Å²) >= 11 is 13.1. The molecule has 3 aromatic heterocycles. The number of likely N-dealkylation sites (tertiary alicyclic amines) is 1. The quantitative estimate of drug-likeness (QED) is 0.162. The first-order chi connectivity index (χ1) is 24.7. The predicted octanol–water partition coefficient (Wildman–Crippen LogP) is 8.42. The van der Waals surface area contributed by atoms with Crippen molar-refractivity contribution in [2.24, 2.45) is 11.8 Å². The molecule has 0 spiro atoms. The number of amides is 1. The van der Waals surface area contributed by atoms with E-state index in [4.69, 9.17) is 37.3 Å². The zero-order chi connectivity index (χ0) is 35.1. The number of nitrogens with one attached hydrogen (secondary N) is 1. The van der Waals surface area contributed by atoms with Gasteiger partial charge in [-0.05, 0) is 69.2 Å². The number of nitriles is 1. The van der Waals surface area contributed by atoms with Gasteiger partial charge in [0.2, 0.25) is 11.8 Å². The minimum absolute atomic E-state index is 0.0348. The number of hydrogen-bond donors (Lipinski definition) is 1. The van der Waals surface area contributed by atoms with E-state index in [-0.39, 0.29) is 59.1 Å². The van der Waals surface area contributed by atoms with Crippen LogP contribution in [0.2, 0.25) is 10.0 Å². The van der Waals surface area contributed by atoms with E-state index >= 15 is 4.39 Å². The lowest BCUT2D eigenvalue weighted by molar-refractivity contribution is -0.134. The molecule has 2 aliphatic carbocycles. The number of halogens is 3. The number of benzene rings is 2. The van der Waals surface area contributed by atoms with E-state index in [0.29, 0.717) is 64.0 Å². The molecule has 5 fully saturated rings. The Morgan fingerprint density at radius 1 is 1.24 bits per heavy atom. The Kier molecular flexibility index (Phi) is 8.11. The molecule has 1 unspecified atom stereocenters. The van der Waals surface area contributed by atoms with Crippen LogP contribution >= 0.6 is 23.2 Å². The van der Waals surface area contributed by atoms with Crippen LogP contribution in [0.3, 0.4) is 0 Å². The fourth-order valence-corrected chi connectivity index (χ4v) is 9.26. The number of rotatable bonds is 9. The van der Waals surface area contributed by atoms with E-state index in [0.717, 1.165) is 42.4 Å². The molecule has 9 nitrogen and oxygen atoms in total. The number of aryl methyl sites for hydroxylation is 2. The molecule has 12 heteroatoms. The molecule has 3 aliphatic heterocycles. The van der Waals surface area contributed by atoms with E-state index in [1.807, 2.05) is 24.8 Å². The number of aromatic nitrogens is 3. The largest absolute Gasteiger partial charge is 0.446 e. The van der Waals surface area contributed by atoms with Crippen LogP contribution in [-0.4, -0.2) is 50.6 Å². The van der Waals surface area contributed by atoms with Crippen LogP contribution in [0.5, 0.6) is 0 Å². The highest BCUT2D eigenvalue weighted by Crippen LogP contribution is 2.51. The minimum atomic E-state index is -0.487. The molecular weight excluding hydrogens is 690 g/mol. The number of nitrogens with zero attached hydrogens (tertiary/aromatic N) is 5. The van der Waals surface area contributed by atoms with Crippen LogP contribution in [0.15, 0.2) is 47.2 Å². The van der Waals surface area contributed by atoms with Gasteiger partial charge in [-0.1, -0.05) is 35.3 Å². The van der Waals surface area contributed by atoms with Crippen molar-refractivity contribution in [3.8, 4) is 17.2 Å². The Morgan fingerprint density at radius 2 is 2.08 bits per heavy atom. The lowest BCUT2D eigenvalue weighted by Gasteiger charge is -2.39. The summed E-state index contributed by atoms with van der Waals surface area (Å²) in [4.78, 5) is 25.2. The lowest BCUT2D eigenvalue weighted by atomic mass is 9.79. The van der Waals surface area contributed by atoms with E-state index in [1.165, 1.54) is 6.26 Å². The Morgan fingerprint density at radius 3 is 2.78 bits per heavy atom. The van der Waals surface area contributed by atoms with Gasteiger partial charge < -0.3 is 23.9 Å². The highest BCUT2D eigenvalue weighted by Gasteiger charge is 2.51. The molecule has 5 aromatic rings. The fourth-order valence-electron chi connectivity index (χ4n) is 8.87. The van der Waals surface area contributed by atoms with Crippen molar-refractivity contribution in [1.29, 1.82) is 5.26 Å². The first-order valence-corrected chi connectivity index (χ1v) is 18.6. The molecule has 2 bridgehead atoms. The molecule has 2 aromatic carbocycles. The van der Waals surface area contributed by atoms with Gasteiger partial charge in [-0.15, -0.1) is 0 Å². The maximum absolute atomic E-state index is 17.2. The summed E-state index contributed by atoms with van der Waals surface area (Å²) in [6.07, 6.45) is 6.56. The van der Waals surface area contributed by atoms with Gasteiger partial charge in [-0.3, -0.25) is 4.79 Å². The summed E-state index contributed by atoms with van der Waals surface area (Å²) in [6, 6.07) is 11.8. The second kappa shape index (κ2) is 12.6. The van der Waals surface area contributed by atoms with Crippen molar-refractivity contribution in [2.45, 2.75) is 82.7 Å². The molecule has 6 heterocycles. The third kappa shape index (κ3) is 5.35. The zero-order valence-electron chi connectivity index (χ0n) is 28.3. The van der Waals surface area contributed by atoms with Crippen molar-refractivity contribution in [3.63, 3.8) is 0 Å². The number of fused-ring (bicyclic) bond motifs is 4. The van der Waals surface area contributed by atoms with Gasteiger partial charge in [0, 0.05) is 71.2 Å². The predicted molar refractivity (Wildman–Crippen MR) is 192 cm³/mol. The van der Waals surface area contributed by atoms with Gasteiger partial charge in [-0.2, -0.15) is 5.26 Å². The molecule has 1 amide bonds. The van der Waals surface area contributed by atoms with Crippen LogP contribution in [0.4, 0.5) is 4.39 Å². The summed E-state index contributed by atoms with van der Waals surface area (Å²) in [5.74, 6) is 0.623. The summed E-state index contributed by atoms with van der Waals surface area (Å²) in [6.45, 7) is 5.22. The molecule has 0 radical (unpaired) electrons. The molecular formula is C39H37Cl2FN6O3. The van der Waals surface area contributed by atoms with Gasteiger partial charge in [0.25, 0.3) is 0 Å². The summed E-state index contributed by atoms with van der Waals surface area (Å²) in [5, 5.41) is 15.5. The Balaban J connectivity index is 1.25. The summed E-state index contributed by atoms with van der Waals surface area (Å²) in [7, 11) is 0. The van der Waals surface area contributed by atoms with Gasteiger partial charge in [0.1, 0.15) is 17.9 Å². The third-order valence-electron chi connectivity index (χ3n) is 11.4. The second-order valence-electron chi connectivity index (χ2n) is 14.6. The molecule has 262 valence electrons. The monoisotopic (exact) mass is 726 g/mol. The maximum Gasteiger partial charge on any atom is 0.226 e. The lowest BCUT2D eigenvalue weighted by Crippen LogP contribution is -2.41. The molecule has 51 heavy (non-hydrogen) atoms. The number of oxazole rings is 1. The molecule has 6 atom stereocenters. The topological polar surface area (TPSA) is 109 Å². The van der Waals surface area contributed by atoms with Crippen LogP contribution in [-0.2, 0) is 16.0 Å². The highest BCUT2D eigenvalue weighted by molar-refractivity contribution is 6.43. The molecule has 5 aliphatic rings. The Bertz CT molecular complexity index is 2230. The SMILES string of the molecule is Cc1nc2c(F)c(-c3cccc(Cl)c3Cl)c(CCC#N)cc2c2c1cc([C@H]1C[C@H](OC(C)c3ncco3)CN1C(=O)C1CC1)n2[C@H]1[C@H]2CN[C@@H]1C2. The van der Waals surface area contributed by atoms with Gasteiger partial charge in [0.05, 0.1) is 46.0 Å². The van der Waals surface area contributed by atoms with Gasteiger partial charge in [-0.25, -0.2) is 14.4 Å². The Hall–Kier alpha value is -4.01. The zero-order valence-corrected chi connectivity index (χ0v) is 29.8. The van der Waals surface area contributed by atoms with E-state index in [1.54, 1.807) is 24.4 Å². The van der Waals surface area contributed by atoms with Crippen LogP contribution < -0.4 is 5.32 Å². The fraction of sp³-hybridized carbons (Fsp3) is 0.436. The van der Waals surface area contributed by atoms with Crippen LogP contribution in [0, 0.1) is 35.9 Å². The minimum Gasteiger partial charge on any atom is -0.446 e. The number of pyridine rings is 1.